The van der Waals surface area contributed by atoms with Crippen molar-refractivity contribution < 1.29 is 9.53 Å². The van der Waals surface area contributed by atoms with Crippen molar-refractivity contribution in [1.29, 1.82) is 0 Å². The van der Waals surface area contributed by atoms with Crippen molar-refractivity contribution in [3.8, 4) is 5.75 Å². The first kappa shape index (κ1) is 17.4. The van der Waals surface area contributed by atoms with Gasteiger partial charge in [0, 0.05) is 10.7 Å². The van der Waals surface area contributed by atoms with Crippen LogP contribution in [0.15, 0.2) is 42.5 Å². The lowest BCUT2D eigenvalue weighted by atomic mass is 9.98. The number of carbonyl (C=O) groups is 1. The summed E-state index contributed by atoms with van der Waals surface area (Å²) in [5.41, 5.74) is 3.04. The van der Waals surface area contributed by atoms with Crippen LogP contribution >= 0.6 is 11.6 Å². The maximum atomic E-state index is 12.4. The van der Waals surface area contributed by atoms with Crippen molar-refractivity contribution in [3.63, 3.8) is 0 Å². The van der Waals surface area contributed by atoms with Gasteiger partial charge in [-0.2, -0.15) is 0 Å². The van der Waals surface area contributed by atoms with Gasteiger partial charge in [-0.15, -0.1) is 0 Å². The molecule has 1 N–H and O–H groups in total. The lowest BCUT2D eigenvalue weighted by molar-refractivity contribution is -0.122. The number of rotatable bonds is 5. The van der Waals surface area contributed by atoms with Crippen LogP contribution in [0.25, 0.3) is 0 Å². The summed E-state index contributed by atoms with van der Waals surface area (Å²) < 4.78 is 5.67. The van der Waals surface area contributed by atoms with Crippen molar-refractivity contribution in [2.24, 2.45) is 0 Å². The maximum absolute atomic E-state index is 12.4. The number of benzene rings is 2. The summed E-state index contributed by atoms with van der Waals surface area (Å²) in [7, 11) is 0. The molecule has 2 aromatic rings. The maximum Gasteiger partial charge on any atom is 0.265 e. The second kappa shape index (κ2) is 7.51. The quantitative estimate of drug-likeness (QED) is 0.820. The highest BCUT2D eigenvalue weighted by Crippen LogP contribution is 2.27. The molecule has 0 saturated carbocycles. The fourth-order valence-corrected chi connectivity index (χ4v) is 2.46. The lowest BCUT2D eigenvalue weighted by Gasteiger charge is -2.19. The highest BCUT2D eigenvalue weighted by atomic mass is 35.5. The molecule has 0 aliphatic carbocycles. The highest BCUT2D eigenvalue weighted by molar-refractivity contribution is 6.30. The van der Waals surface area contributed by atoms with E-state index in [4.69, 9.17) is 16.3 Å². The van der Waals surface area contributed by atoms with E-state index in [0.717, 1.165) is 16.8 Å². The minimum atomic E-state index is -0.601. The molecule has 0 saturated heterocycles. The Morgan fingerprint density at radius 3 is 2.35 bits per heavy atom. The first-order valence-electron chi connectivity index (χ1n) is 7.71. The van der Waals surface area contributed by atoms with Crippen LogP contribution in [-0.2, 0) is 4.79 Å². The average molecular weight is 332 g/mol. The van der Waals surface area contributed by atoms with Gasteiger partial charge in [-0.3, -0.25) is 4.79 Å². The van der Waals surface area contributed by atoms with Crippen LogP contribution in [0, 0.1) is 6.92 Å². The predicted molar refractivity (Wildman–Crippen MR) is 95.4 cm³/mol. The molecule has 122 valence electrons. The number of nitrogens with one attached hydrogen (secondary N) is 1. The molecule has 0 spiro atoms. The zero-order chi connectivity index (χ0) is 17.0. The van der Waals surface area contributed by atoms with Gasteiger partial charge in [0.1, 0.15) is 5.75 Å². The minimum absolute atomic E-state index is 0.170. The molecule has 4 heteroatoms. The number of aryl methyl sites for hydroxylation is 1. The van der Waals surface area contributed by atoms with Gasteiger partial charge in [0.2, 0.25) is 0 Å². The third-order valence-electron chi connectivity index (χ3n) is 3.67. The van der Waals surface area contributed by atoms with E-state index in [1.54, 1.807) is 31.2 Å². The summed E-state index contributed by atoms with van der Waals surface area (Å²) in [6.45, 7) is 7.94. The normalized spacial score (nSPS) is 12.1. The fraction of sp³-hybridized carbons (Fsp3) is 0.316. The summed E-state index contributed by atoms with van der Waals surface area (Å²) in [6.07, 6.45) is -0.601. The summed E-state index contributed by atoms with van der Waals surface area (Å²) in [6, 6.07) is 13.0. The molecular formula is C19H22ClNO2. The monoisotopic (exact) mass is 331 g/mol. The Morgan fingerprint density at radius 1 is 1.09 bits per heavy atom. The number of anilines is 1. The number of para-hydroxylation sites is 1. The van der Waals surface area contributed by atoms with Gasteiger partial charge in [-0.25, -0.2) is 0 Å². The molecule has 23 heavy (non-hydrogen) atoms. The van der Waals surface area contributed by atoms with Crippen LogP contribution in [-0.4, -0.2) is 12.0 Å². The second-order valence-corrected chi connectivity index (χ2v) is 6.33. The topological polar surface area (TPSA) is 38.3 Å². The number of hydrogen-bond donors (Lipinski definition) is 1. The molecule has 2 aromatic carbocycles. The Bertz CT molecular complexity index is 680. The third-order valence-corrected chi connectivity index (χ3v) is 3.92. The molecular weight excluding hydrogens is 310 g/mol. The molecule has 0 aliphatic rings. The van der Waals surface area contributed by atoms with Crippen molar-refractivity contribution in [1.82, 2.24) is 0 Å². The molecule has 1 unspecified atom stereocenters. The smallest absolute Gasteiger partial charge is 0.265 e. The Labute approximate surface area is 142 Å². The Hall–Kier alpha value is -2.00. The number of ether oxygens (including phenoxy) is 1. The molecule has 1 amide bonds. The third kappa shape index (κ3) is 4.49. The lowest BCUT2D eigenvalue weighted by Crippen LogP contribution is -2.30. The zero-order valence-corrected chi connectivity index (χ0v) is 14.6. The Morgan fingerprint density at radius 2 is 1.74 bits per heavy atom. The molecule has 0 radical (unpaired) electrons. The standard InChI is InChI=1S/C19H22ClNO2/c1-12(2)17-7-5-6-13(3)18(17)21-19(22)14(4)23-16-10-8-15(20)9-11-16/h5-12,14H,1-4H3,(H,21,22). The number of carbonyl (C=O) groups excluding carboxylic acids is 1. The second-order valence-electron chi connectivity index (χ2n) is 5.90. The minimum Gasteiger partial charge on any atom is -0.481 e. The van der Waals surface area contributed by atoms with Crippen molar-refractivity contribution >= 4 is 23.2 Å². The van der Waals surface area contributed by atoms with E-state index < -0.39 is 6.10 Å². The molecule has 3 nitrogen and oxygen atoms in total. The first-order chi connectivity index (χ1) is 10.9. The molecule has 0 aromatic heterocycles. The van der Waals surface area contributed by atoms with E-state index in [1.165, 1.54) is 0 Å². The SMILES string of the molecule is Cc1cccc(C(C)C)c1NC(=O)C(C)Oc1ccc(Cl)cc1. The van der Waals surface area contributed by atoms with Crippen LogP contribution < -0.4 is 10.1 Å². The van der Waals surface area contributed by atoms with Crippen molar-refractivity contribution in [3.05, 3.63) is 58.6 Å². The first-order valence-corrected chi connectivity index (χ1v) is 8.09. The van der Waals surface area contributed by atoms with Gasteiger partial charge in [-0.1, -0.05) is 43.6 Å². The summed E-state index contributed by atoms with van der Waals surface area (Å²) in [4.78, 5) is 12.4. The largest absolute Gasteiger partial charge is 0.481 e. The summed E-state index contributed by atoms with van der Waals surface area (Å²) >= 11 is 5.85. The summed E-state index contributed by atoms with van der Waals surface area (Å²) in [5.74, 6) is 0.778. The molecule has 0 heterocycles. The average Bonchev–Trinajstić information content (AvgIpc) is 2.51. The van der Waals surface area contributed by atoms with E-state index in [2.05, 4.69) is 19.2 Å². The van der Waals surface area contributed by atoms with E-state index in [9.17, 15) is 4.79 Å². The van der Waals surface area contributed by atoms with E-state index in [0.29, 0.717) is 16.7 Å². The highest BCUT2D eigenvalue weighted by Gasteiger charge is 2.18. The van der Waals surface area contributed by atoms with Gasteiger partial charge in [0.15, 0.2) is 6.10 Å². The van der Waals surface area contributed by atoms with Crippen molar-refractivity contribution in [2.45, 2.75) is 39.7 Å². The van der Waals surface area contributed by atoms with Crippen LogP contribution in [0.4, 0.5) is 5.69 Å². The van der Waals surface area contributed by atoms with Crippen LogP contribution in [0.5, 0.6) is 5.75 Å². The fourth-order valence-electron chi connectivity index (χ4n) is 2.34. The molecule has 1 atom stereocenters. The van der Waals surface area contributed by atoms with Gasteiger partial charge < -0.3 is 10.1 Å². The van der Waals surface area contributed by atoms with Crippen LogP contribution in [0.2, 0.25) is 5.02 Å². The number of halogens is 1. The zero-order valence-electron chi connectivity index (χ0n) is 13.9. The van der Waals surface area contributed by atoms with Gasteiger partial charge >= 0.3 is 0 Å². The van der Waals surface area contributed by atoms with Crippen molar-refractivity contribution in [2.75, 3.05) is 5.32 Å². The molecule has 0 fully saturated rings. The number of amides is 1. The number of hydrogen-bond acceptors (Lipinski definition) is 2. The molecule has 0 bridgehead atoms. The predicted octanol–water partition coefficient (Wildman–Crippen LogP) is 5.18. The van der Waals surface area contributed by atoms with Gasteiger partial charge in [-0.05, 0) is 55.2 Å². The summed E-state index contributed by atoms with van der Waals surface area (Å²) in [5, 5.41) is 3.64. The van der Waals surface area contributed by atoms with Gasteiger partial charge in [0.25, 0.3) is 5.91 Å². The Kier molecular flexibility index (Phi) is 5.67. The molecule has 0 aliphatic heterocycles. The van der Waals surface area contributed by atoms with Crippen LogP contribution in [0.3, 0.4) is 0 Å². The molecule has 2 rings (SSSR count). The Balaban J connectivity index is 2.11. The van der Waals surface area contributed by atoms with E-state index >= 15 is 0 Å². The van der Waals surface area contributed by atoms with E-state index in [-0.39, 0.29) is 5.91 Å². The van der Waals surface area contributed by atoms with Gasteiger partial charge in [0.05, 0.1) is 0 Å². The van der Waals surface area contributed by atoms with Crippen LogP contribution in [0.1, 0.15) is 37.8 Å². The van der Waals surface area contributed by atoms with E-state index in [1.807, 2.05) is 25.1 Å².